The van der Waals surface area contributed by atoms with Crippen LogP contribution >= 0.6 is 31.9 Å². The SMILES string of the molecule is Cc1cc(Br)c(NC(=O)CCCCO)c(Br)c1. The van der Waals surface area contributed by atoms with E-state index in [0.717, 1.165) is 20.2 Å². The smallest absolute Gasteiger partial charge is 0.224 e. The van der Waals surface area contributed by atoms with Gasteiger partial charge in [0.05, 0.1) is 5.69 Å². The Kier molecular flexibility index (Phi) is 6.16. The number of aliphatic hydroxyl groups is 1. The van der Waals surface area contributed by atoms with E-state index >= 15 is 0 Å². The summed E-state index contributed by atoms with van der Waals surface area (Å²) < 4.78 is 1.72. The van der Waals surface area contributed by atoms with Crippen LogP contribution in [0.2, 0.25) is 0 Å². The van der Waals surface area contributed by atoms with E-state index in [1.165, 1.54) is 0 Å². The zero-order chi connectivity index (χ0) is 12.8. The number of unbranched alkanes of at least 4 members (excludes halogenated alkanes) is 1. The number of rotatable bonds is 5. The van der Waals surface area contributed by atoms with Crippen LogP contribution in [-0.4, -0.2) is 17.6 Å². The Hall–Kier alpha value is -0.390. The molecular weight excluding hydrogens is 350 g/mol. The van der Waals surface area contributed by atoms with E-state index in [2.05, 4.69) is 37.2 Å². The van der Waals surface area contributed by atoms with E-state index in [4.69, 9.17) is 5.11 Å². The van der Waals surface area contributed by atoms with Crippen molar-refractivity contribution in [2.45, 2.75) is 26.2 Å². The Balaban J connectivity index is 2.65. The van der Waals surface area contributed by atoms with E-state index in [-0.39, 0.29) is 12.5 Å². The molecule has 0 aliphatic carbocycles. The van der Waals surface area contributed by atoms with Gasteiger partial charge in [0.1, 0.15) is 0 Å². The minimum absolute atomic E-state index is 0.0382. The lowest BCUT2D eigenvalue weighted by Crippen LogP contribution is -2.12. The summed E-state index contributed by atoms with van der Waals surface area (Å²) in [7, 11) is 0. The Morgan fingerprint density at radius 2 is 1.88 bits per heavy atom. The molecule has 0 saturated heterocycles. The summed E-state index contributed by atoms with van der Waals surface area (Å²) in [4.78, 5) is 11.6. The number of hydrogen-bond donors (Lipinski definition) is 2. The average molecular weight is 365 g/mol. The number of anilines is 1. The van der Waals surface area contributed by atoms with Gasteiger partial charge in [-0.1, -0.05) is 0 Å². The molecule has 1 aromatic rings. The van der Waals surface area contributed by atoms with Crippen LogP contribution in [0.15, 0.2) is 21.1 Å². The third-order valence-corrected chi connectivity index (χ3v) is 3.51. The van der Waals surface area contributed by atoms with Gasteiger partial charge in [-0.05, 0) is 69.3 Å². The molecule has 2 N–H and O–H groups in total. The number of carbonyl (C=O) groups excluding carboxylic acids is 1. The van der Waals surface area contributed by atoms with Gasteiger partial charge in [0.2, 0.25) is 5.91 Å². The van der Waals surface area contributed by atoms with Crippen LogP contribution in [0.25, 0.3) is 0 Å². The van der Waals surface area contributed by atoms with Crippen LogP contribution in [0.1, 0.15) is 24.8 Å². The fourth-order valence-electron chi connectivity index (χ4n) is 1.42. The van der Waals surface area contributed by atoms with E-state index in [0.29, 0.717) is 19.3 Å². The topological polar surface area (TPSA) is 49.3 Å². The average Bonchev–Trinajstić information content (AvgIpc) is 2.24. The molecule has 0 fully saturated rings. The van der Waals surface area contributed by atoms with Crippen molar-refractivity contribution < 1.29 is 9.90 Å². The maximum atomic E-state index is 11.6. The molecule has 0 aromatic heterocycles. The first-order valence-corrected chi connectivity index (χ1v) is 6.99. The number of halogens is 2. The molecule has 0 atom stereocenters. The quantitative estimate of drug-likeness (QED) is 0.784. The van der Waals surface area contributed by atoms with E-state index in [1.807, 2.05) is 19.1 Å². The van der Waals surface area contributed by atoms with Gasteiger partial charge in [-0.25, -0.2) is 0 Å². The molecule has 0 unspecified atom stereocenters. The van der Waals surface area contributed by atoms with Crippen LogP contribution in [0.5, 0.6) is 0 Å². The van der Waals surface area contributed by atoms with Crippen molar-refractivity contribution in [2.24, 2.45) is 0 Å². The third-order valence-electron chi connectivity index (χ3n) is 2.26. The van der Waals surface area contributed by atoms with Gasteiger partial charge in [0.15, 0.2) is 0 Å². The van der Waals surface area contributed by atoms with Gasteiger partial charge in [-0.2, -0.15) is 0 Å². The number of hydrogen-bond acceptors (Lipinski definition) is 2. The van der Waals surface area contributed by atoms with Gasteiger partial charge >= 0.3 is 0 Å². The van der Waals surface area contributed by atoms with Crippen molar-refractivity contribution in [3.63, 3.8) is 0 Å². The summed E-state index contributed by atoms with van der Waals surface area (Å²) in [6, 6.07) is 3.90. The lowest BCUT2D eigenvalue weighted by atomic mass is 10.2. The monoisotopic (exact) mass is 363 g/mol. The maximum Gasteiger partial charge on any atom is 0.224 e. The summed E-state index contributed by atoms with van der Waals surface area (Å²) in [6.45, 7) is 2.12. The number of aliphatic hydroxyl groups excluding tert-OH is 1. The van der Waals surface area contributed by atoms with Crippen molar-refractivity contribution in [3.8, 4) is 0 Å². The zero-order valence-corrected chi connectivity index (χ0v) is 12.8. The second-order valence-corrected chi connectivity index (χ2v) is 5.54. The summed E-state index contributed by atoms with van der Waals surface area (Å²) in [5.41, 5.74) is 1.87. The molecule has 17 heavy (non-hydrogen) atoms. The van der Waals surface area contributed by atoms with Gasteiger partial charge in [0.25, 0.3) is 0 Å². The molecule has 0 radical (unpaired) electrons. The van der Waals surface area contributed by atoms with Crippen LogP contribution in [0.3, 0.4) is 0 Å². The minimum atomic E-state index is -0.0382. The molecule has 94 valence electrons. The summed E-state index contributed by atoms with van der Waals surface area (Å²) in [6.07, 6.45) is 1.78. The van der Waals surface area contributed by atoms with Crippen LogP contribution < -0.4 is 5.32 Å². The van der Waals surface area contributed by atoms with Crippen molar-refractivity contribution >= 4 is 43.5 Å². The van der Waals surface area contributed by atoms with E-state index < -0.39 is 0 Å². The molecule has 1 aromatic carbocycles. The summed E-state index contributed by atoms with van der Waals surface area (Å²) >= 11 is 6.85. The molecule has 0 saturated carbocycles. The second-order valence-electron chi connectivity index (χ2n) is 3.83. The lowest BCUT2D eigenvalue weighted by molar-refractivity contribution is -0.116. The zero-order valence-electron chi connectivity index (χ0n) is 9.59. The number of carbonyl (C=O) groups is 1. The van der Waals surface area contributed by atoms with Crippen molar-refractivity contribution in [3.05, 3.63) is 26.6 Å². The molecule has 5 heteroatoms. The highest BCUT2D eigenvalue weighted by molar-refractivity contribution is 9.11. The third kappa shape index (κ3) is 4.77. The Labute approximate surface area is 118 Å². The first kappa shape index (κ1) is 14.7. The Bertz CT molecular complexity index is 384. The molecular formula is C12H15Br2NO2. The van der Waals surface area contributed by atoms with Crippen LogP contribution in [0.4, 0.5) is 5.69 Å². The summed E-state index contributed by atoms with van der Waals surface area (Å²) in [5.74, 6) is -0.0382. The molecule has 3 nitrogen and oxygen atoms in total. The first-order valence-electron chi connectivity index (χ1n) is 5.41. The van der Waals surface area contributed by atoms with Crippen molar-refractivity contribution in [2.75, 3.05) is 11.9 Å². The van der Waals surface area contributed by atoms with Gasteiger partial charge in [0, 0.05) is 22.0 Å². The van der Waals surface area contributed by atoms with E-state index in [9.17, 15) is 4.79 Å². The highest BCUT2D eigenvalue weighted by Crippen LogP contribution is 2.32. The fraction of sp³-hybridized carbons (Fsp3) is 0.417. The first-order chi connectivity index (χ1) is 8.04. The maximum absolute atomic E-state index is 11.6. The number of nitrogens with one attached hydrogen (secondary N) is 1. The fourth-order valence-corrected chi connectivity index (χ4v) is 3.03. The van der Waals surface area contributed by atoms with Crippen LogP contribution in [-0.2, 0) is 4.79 Å². The highest BCUT2D eigenvalue weighted by atomic mass is 79.9. The summed E-state index contributed by atoms with van der Waals surface area (Å²) in [5, 5.41) is 11.5. The van der Waals surface area contributed by atoms with Gasteiger partial charge in [-0.15, -0.1) is 0 Å². The van der Waals surface area contributed by atoms with E-state index in [1.54, 1.807) is 0 Å². The molecule has 0 aliphatic heterocycles. The largest absolute Gasteiger partial charge is 0.396 e. The number of aryl methyl sites for hydroxylation is 1. The predicted octanol–water partition coefficient (Wildman–Crippen LogP) is 3.62. The standard InChI is InChI=1S/C12H15Br2NO2/c1-8-6-9(13)12(10(14)7-8)15-11(17)4-2-3-5-16/h6-7,16H,2-5H2,1H3,(H,15,17). The lowest BCUT2D eigenvalue weighted by Gasteiger charge is -2.10. The van der Waals surface area contributed by atoms with Gasteiger partial charge < -0.3 is 10.4 Å². The number of amides is 1. The molecule has 1 rings (SSSR count). The minimum Gasteiger partial charge on any atom is -0.396 e. The van der Waals surface area contributed by atoms with Gasteiger partial charge in [-0.3, -0.25) is 4.79 Å². The molecule has 0 spiro atoms. The van der Waals surface area contributed by atoms with Crippen molar-refractivity contribution in [1.29, 1.82) is 0 Å². The predicted molar refractivity (Wildman–Crippen MR) is 76.1 cm³/mol. The van der Waals surface area contributed by atoms with Crippen molar-refractivity contribution in [1.82, 2.24) is 0 Å². The molecule has 0 bridgehead atoms. The Morgan fingerprint density at radius 3 is 2.41 bits per heavy atom. The van der Waals surface area contributed by atoms with Crippen LogP contribution in [0, 0.1) is 6.92 Å². The Morgan fingerprint density at radius 1 is 1.29 bits per heavy atom. The molecule has 0 aliphatic rings. The molecule has 1 amide bonds. The number of benzene rings is 1. The normalized spacial score (nSPS) is 10.4. The second kappa shape index (κ2) is 7.13. The highest BCUT2D eigenvalue weighted by Gasteiger charge is 2.09. The molecule has 0 heterocycles.